The van der Waals surface area contributed by atoms with Crippen molar-refractivity contribution < 1.29 is 14.3 Å². The number of carbonyl (C=O) groups excluding carboxylic acids is 2. The van der Waals surface area contributed by atoms with Crippen molar-refractivity contribution in [1.82, 2.24) is 10.3 Å². The van der Waals surface area contributed by atoms with Crippen LogP contribution in [-0.4, -0.2) is 29.2 Å². The number of thioether (sulfide) groups is 1. The highest BCUT2D eigenvalue weighted by molar-refractivity contribution is 7.99. The van der Waals surface area contributed by atoms with Crippen LogP contribution >= 0.6 is 11.8 Å². The summed E-state index contributed by atoms with van der Waals surface area (Å²) >= 11 is 1.00. The fourth-order valence-electron chi connectivity index (χ4n) is 3.36. The number of amides is 1. The van der Waals surface area contributed by atoms with Crippen molar-refractivity contribution in [1.29, 1.82) is 5.26 Å². The zero-order valence-corrected chi connectivity index (χ0v) is 16.8. The summed E-state index contributed by atoms with van der Waals surface area (Å²) in [5.74, 6) is -1.07. The molecule has 1 aromatic heterocycles. The molecule has 0 saturated carbocycles. The molecule has 0 aliphatic heterocycles. The third-order valence-electron chi connectivity index (χ3n) is 4.72. The maximum absolute atomic E-state index is 12.2. The molecule has 0 fully saturated rings. The predicted octanol–water partition coefficient (Wildman–Crippen LogP) is 2.38. The van der Waals surface area contributed by atoms with E-state index >= 15 is 0 Å². The minimum absolute atomic E-state index is 0.0731. The van der Waals surface area contributed by atoms with Gasteiger partial charge in [0.15, 0.2) is 6.61 Å². The molecule has 2 N–H and O–H groups in total. The van der Waals surface area contributed by atoms with Gasteiger partial charge in [-0.2, -0.15) is 5.26 Å². The van der Waals surface area contributed by atoms with Crippen LogP contribution in [0.25, 0.3) is 0 Å². The van der Waals surface area contributed by atoms with E-state index in [-0.39, 0.29) is 29.9 Å². The van der Waals surface area contributed by atoms with Crippen molar-refractivity contribution in [3.8, 4) is 6.07 Å². The fourth-order valence-corrected chi connectivity index (χ4v) is 4.23. The van der Waals surface area contributed by atoms with Crippen LogP contribution in [0.3, 0.4) is 0 Å². The molecule has 7 nitrogen and oxygen atoms in total. The van der Waals surface area contributed by atoms with E-state index in [0.717, 1.165) is 36.6 Å². The van der Waals surface area contributed by atoms with E-state index in [1.807, 2.05) is 24.3 Å². The molecule has 1 aliphatic rings. The quantitative estimate of drug-likeness (QED) is 0.558. The molecule has 1 aromatic carbocycles. The highest BCUT2D eigenvalue weighted by Gasteiger charge is 2.22. The number of nitrogens with one attached hydrogen (secondary N) is 2. The van der Waals surface area contributed by atoms with Gasteiger partial charge >= 0.3 is 5.97 Å². The average molecular weight is 411 g/mol. The predicted molar refractivity (Wildman–Crippen MR) is 108 cm³/mol. The second kappa shape index (κ2) is 9.43. The number of aryl methyl sites for hydroxylation is 2. The van der Waals surface area contributed by atoms with E-state index in [1.54, 1.807) is 6.92 Å². The highest BCUT2D eigenvalue weighted by Crippen LogP contribution is 2.29. The molecule has 150 valence electrons. The number of ether oxygens (including phenoxy) is 1. The third-order valence-corrected chi connectivity index (χ3v) is 5.70. The number of nitriles is 1. The van der Waals surface area contributed by atoms with Crippen LogP contribution in [-0.2, 0) is 20.7 Å². The highest BCUT2D eigenvalue weighted by atomic mass is 32.2. The number of hydrogen-bond acceptors (Lipinski definition) is 6. The summed E-state index contributed by atoms with van der Waals surface area (Å²) in [6.45, 7) is 1.29. The molecular formula is C21H21N3O4S. The van der Waals surface area contributed by atoms with Crippen LogP contribution in [0.1, 0.15) is 41.1 Å². The van der Waals surface area contributed by atoms with Gasteiger partial charge in [0.1, 0.15) is 6.07 Å². The van der Waals surface area contributed by atoms with Crippen molar-refractivity contribution in [3.63, 3.8) is 0 Å². The standard InChI is InChI=1S/C21H21N3O4S/c1-13-9-18(25)24-21(16(13)10-22)29-12-20(27)28-11-19(26)23-17-8-4-6-14-5-2-3-7-15(14)17/h2-3,5,7,9,17H,4,6,8,11-12H2,1H3,(H,23,26)(H,24,25)/t17-/m0/s1. The Morgan fingerprint density at radius 1 is 1.38 bits per heavy atom. The molecule has 1 atom stereocenters. The number of H-pyrrole nitrogens is 1. The van der Waals surface area contributed by atoms with Crippen molar-refractivity contribution in [2.45, 2.75) is 37.3 Å². The van der Waals surface area contributed by atoms with Crippen molar-refractivity contribution in [2.75, 3.05) is 12.4 Å². The summed E-state index contributed by atoms with van der Waals surface area (Å²) in [5, 5.41) is 12.4. The molecule has 29 heavy (non-hydrogen) atoms. The van der Waals surface area contributed by atoms with Gasteiger partial charge in [-0.1, -0.05) is 36.0 Å². The van der Waals surface area contributed by atoms with Gasteiger partial charge in [0.2, 0.25) is 5.56 Å². The second-order valence-corrected chi connectivity index (χ2v) is 7.78. The molecule has 0 saturated heterocycles. The maximum atomic E-state index is 12.2. The van der Waals surface area contributed by atoms with Gasteiger partial charge in [0, 0.05) is 6.07 Å². The number of rotatable bonds is 6. The molecule has 1 amide bonds. The van der Waals surface area contributed by atoms with Gasteiger partial charge in [-0.3, -0.25) is 14.4 Å². The van der Waals surface area contributed by atoms with Gasteiger partial charge in [0.05, 0.1) is 22.4 Å². The molecule has 0 bridgehead atoms. The summed E-state index contributed by atoms with van der Waals surface area (Å²) in [7, 11) is 0. The lowest BCUT2D eigenvalue weighted by molar-refractivity contribution is -0.146. The Labute approximate surface area is 172 Å². The lowest BCUT2D eigenvalue weighted by Crippen LogP contribution is -2.34. The van der Waals surface area contributed by atoms with E-state index in [2.05, 4.69) is 16.4 Å². The molecule has 2 aromatic rings. The summed E-state index contributed by atoms with van der Waals surface area (Å²) in [5.41, 5.74) is 2.86. The monoisotopic (exact) mass is 411 g/mol. The van der Waals surface area contributed by atoms with Gasteiger partial charge in [-0.15, -0.1) is 0 Å². The Balaban J connectivity index is 1.50. The lowest BCUT2D eigenvalue weighted by atomic mass is 9.88. The molecule has 0 radical (unpaired) electrons. The first-order valence-electron chi connectivity index (χ1n) is 9.27. The van der Waals surface area contributed by atoms with Crippen molar-refractivity contribution in [2.24, 2.45) is 0 Å². The number of fused-ring (bicyclic) bond motifs is 1. The lowest BCUT2D eigenvalue weighted by Gasteiger charge is -2.26. The minimum Gasteiger partial charge on any atom is -0.455 e. The number of pyridine rings is 1. The Hall–Kier alpha value is -3.05. The first kappa shape index (κ1) is 20.7. The molecule has 3 rings (SSSR count). The minimum atomic E-state index is -0.597. The van der Waals surface area contributed by atoms with Gasteiger partial charge in [-0.05, 0) is 42.9 Å². The Morgan fingerprint density at radius 2 is 2.17 bits per heavy atom. The summed E-state index contributed by atoms with van der Waals surface area (Å²) < 4.78 is 5.04. The zero-order chi connectivity index (χ0) is 20.8. The van der Waals surface area contributed by atoms with E-state index < -0.39 is 5.97 Å². The summed E-state index contributed by atoms with van der Waals surface area (Å²) in [4.78, 5) is 38.3. The van der Waals surface area contributed by atoms with E-state index in [1.165, 1.54) is 11.6 Å². The maximum Gasteiger partial charge on any atom is 0.316 e. The number of benzene rings is 1. The van der Waals surface area contributed by atoms with E-state index in [9.17, 15) is 19.6 Å². The van der Waals surface area contributed by atoms with E-state index in [0.29, 0.717) is 16.2 Å². The number of aromatic amines is 1. The molecule has 0 unspecified atom stereocenters. The van der Waals surface area contributed by atoms with Gasteiger partial charge < -0.3 is 15.0 Å². The first-order chi connectivity index (χ1) is 14.0. The van der Waals surface area contributed by atoms with Crippen LogP contribution in [0, 0.1) is 18.3 Å². The number of nitrogens with zero attached hydrogens (tertiary/aromatic N) is 1. The summed E-state index contributed by atoms with van der Waals surface area (Å²) in [6.07, 6.45) is 2.85. The average Bonchev–Trinajstić information content (AvgIpc) is 2.70. The zero-order valence-electron chi connectivity index (χ0n) is 16.0. The number of hydrogen-bond donors (Lipinski definition) is 2. The van der Waals surface area contributed by atoms with Crippen molar-refractivity contribution >= 4 is 23.6 Å². The van der Waals surface area contributed by atoms with Crippen LogP contribution in [0.2, 0.25) is 0 Å². The topological polar surface area (TPSA) is 112 Å². The molecular weight excluding hydrogens is 390 g/mol. The molecule has 8 heteroatoms. The number of esters is 1. The Bertz CT molecular complexity index is 1030. The van der Waals surface area contributed by atoms with Crippen LogP contribution in [0.15, 0.2) is 40.2 Å². The van der Waals surface area contributed by atoms with Crippen LogP contribution in [0.4, 0.5) is 0 Å². The molecule has 1 aliphatic carbocycles. The van der Waals surface area contributed by atoms with Gasteiger partial charge in [0.25, 0.3) is 5.91 Å². The normalized spacial score (nSPS) is 15.1. The Kier molecular flexibility index (Phi) is 6.73. The SMILES string of the molecule is Cc1cc(=O)[nH]c(SCC(=O)OCC(=O)N[C@H]2CCCc3ccccc32)c1C#N. The van der Waals surface area contributed by atoms with E-state index in [4.69, 9.17) is 4.74 Å². The third kappa shape index (κ3) is 5.27. The number of aromatic nitrogens is 1. The fraction of sp³-hybridized carbons (Fsp3) is 0.333. The van der Waals surface area contributed by atoms with Crippen LogP contribution < -0.4 is 10.9 Å². The smallest absolute Gasteiger partial charge is 0.316 e. The van der Waals surface area contributed by atoms with Crippen LogP contribution in [0.5, 0.6) is 0 Å². The largest absolute Gasteiger partial charge is 0.455 e. The number of carbonyl (C=O) groups is 2. The molecule has 0 spiro atoms. The molecule has 1 heterocycles. The first-order valence-corrected chi connectivity index (χ1v) is 10.3. The van der Waals surface area contributed by atoms with Gasteiger partial charge in [-0.25, -0.2) is 0 Å². The summed E-state index contributed by atoms with van der Waals surface area (Å²) in [6, 6.07) is 11.3. The Morgan fingerprint density at radius 3 is 2.97 bits per heavy atom. The van der Waals surface area contributed by atoms with Crippen molar-refractivity contribution in [3.05, 3.63) is 62.9 Å². The second-order valence-electron chi connectivity index (χ2n) is 6.79.